The Bertz CT molecular complexity index is 4790. The van der Waals surface area contributed by atoms with Crippen molar-refractivity contribution in [3.8, 4) is 33.6 Å². The van der Waals surface area contributed by atoms with Crippen molar-refractivity contribution < 1.29 is 0 Å². The highest BCUT2D eigenvalue weighted by Gasteiger charge is 2.42. The molecule has 2 nitrogen and oxygen atoms in total. The Balaban J connectivity index is 1.13. The maximum Gasteiger partial charge on any atom is 0.252 e. The monoisotopic (exact) mass is 868 g/mol. The first-order valence-corrected chi connectivity index (χ1v) is 24.2. The Morgan fingerprint density at radius 1 is 0.246 bits per heavy atom. The average Bonchev–Trinajstić information content (AvgIpc) is 3.95. The zero-order valence-electron chi connectivity index (χ0n) is 37.3. The first-order chi connectivity index (χ1) is 34.3. The smallest absolute Gasteiger partial charge is 0.252 e. The third-order valence-electron chi connectivity index (χ3n) is 16.2. The van der Waals surface area contributed by atoms with Gasteiger partial charge in [-0.2, -0.15) is 0 Å². The summed E-state index contributed by atoms with van der Waals surface area (Å²) in [6.07, 6.45) is 0. The Labute approximate surface area is 396 Å². The van der Waals surface area contributed by atoms with E-state index in [1.54, 1.807) is 0 Å². The van der Waals surface area contributed by atoms with Crippen molar-refractivity contribution in [3.05, 3.63) is 224 Å². The van der Waals surface area contributed by atoms with Crippen LogP contribution in [0, 0.1) is 0 Å². The molecule has 0 unspecified atom stereocenters. The molecular weight excluding hydrogens is 832 g/mol. The van der Waals surface area contributed by atoms with E-state index in [1.807, 2.05) is 0 Å². The van der Waals surface area contributed by atoms with E-state index in [-0.39, 0.29) is 6.71 Å². The van der Waals surface area contributed by atoms with Crippen molar-refractivity contribution in [2.24, 2.45) is 0 Å². The van der Waals surface area contributed by atoms with Crippen molar-refractivity contribution in [3.63, 3.8) is 0 Å². The largest absolute Gasteiger partial charge is 0.310 e. The predicted octanol–water partition coefficient (Wildman–Crippen LogP) is 15.3. The van der Waals surface area contributed by atoms with Gasteiger partial charge in [-0.15, -0.1) is 0 Å². The van der Waals surface area contributed by atoms with Crippen LogP contribution >= 0.6 is 0 Å². The summed E-state index contributed by atoms with van der Waals surface area (Å²) in [5.41, 5.74) is 16.6. The quantitative estimate of drug-likeness (QED) is 0.121. The molecule has 0 atom stereocenters. The van der Waals surface area contributed by atoms with Gasteiger partial charge >= 0.3 is 0 Å². The minimum atomic E-state index is -0.0365. The number of rotatable bonds is 2. The second-order valence-electron chi connectivity index (χ2n) is 19.4. The number of fused-ring (bicyclic) bond motifs is 24. The molecule has 0 radical (unpaired) electrons. The summed E-state index contributed by atoms with van der Waals surface area (Å²) in [5.74, 6) is 0. The van der Waals surface area contributed by atoms with Gasteiger partial charge in [-0.1, -0.05) is 188 Å². The van der Waals surface area contributed by atoms with Gasteiger partial charge in [-0.05, 0) is 129 Å². The van der Waals surface area contributed by atoms with Crippen molar-refractivity contribution in [1.29, 1.82) is 0 Å². The van der Waals surface area contributed by atoms with Crippen molar-refractivity contribution in [1.82, 2.24) is 9.13 Å². The molecule has 2 aliphatic rings. The topological polar surface area (TPSA) is 9.86 Å². The van der Waals surface area contributed by atoms with Crippen LogP contribution in [0.2, 0.25) is 0 Å². The lowest BCUT2D eigenvalue weighted by Gasteiger charge is -2.34. The van der Waals surface area contributed by atoms with Gasteiger partial charge in [0.15, 0.2) is 0 Å². The van der Waals surface area contributed by atoms with Crippen LogP contribution in [0.4, 0.5) is 0 Å². The third kappa shape index (κ3) is 4.49. The summed E-state index contributed by atoms with van der Waals surface area (Å²) >= 11 is 0. The lowest BCUT2D eigenvalue weighted by atomic mass is 9.34. The second kappa shape index (κ2) is 12.9. The Hall–Kier alpha value is -8.92. The fourth-order valence-corrected chi connectivity index (χ4v) is 13.5. The molecule has 0 N–H and O–H groups in total. The summed E-state index contributed by atoms with van der Waals surface area (Å²) in [7, 11) is 0. The molecule has 0 spiro atoms. The molecular formula is C66H37BN2. The van der Waals surface area contributed by atoms with Gasteiger partial charge in [0.25, 0.3) is 6.71 Å². The van der Waals surface area contributed by atoms with Gasteiger partial charge in [0, 0.05) is 49.2 Å². The number of hydrogen-bond acceptors (Lipinski definition) is 0. The molecule has 0 saturated carbocycles. The Morgan fingerprint density at radius 3 is 1.33 bits per heavy atom. The van der Waals surface area contributed by atoms with E-state index in [9.17, 15) is 0 Å². The van der Waals surface area contributed by atoms with Crippen molar-refractivity contribution >= 4 is 131 Å². The van der Waals surface area contributed by atoms with Gasteiger partial charge < -0.3 is 9.13 Å². The molecule has 2 aliphatic heterocycles. The average molecular weight is 869 g/mol. The summed E-state index contributed by atoms with van der Waals surface area (Å²) in [6.45, 7) is -0.0365. The van der Waals surface area contributed by atoms with Crippen LogP contribution in [0.15, 0.2) is 224 Å². The lowest BCUT2D eigenvalue weighted by Crippen LogP contribution is -2.59. The third-order valence-corrected chi connectivity index (χ3v) is 16.2. The van der Waals surface area contributed by atoms with E-state index in [0.717, 1.165) is 0 Å². The molecule has 0 amide bonds. The highest BCUT2D eigenvalue weighted by Crippen LogP contribution is 2.49. The van der Waals surface area contributed by atoms with Gasteiger partial charge in [0.2, 0.25) is 0 Å². The van der Waals surface area contributed by atoms with Crippen LogP contribution in [0.1, 0.15) is 0 Å². The molecule has 0 aliphatic carbocycles. The molecule has 69 heavy (non-hydrogen) atoms. The molecule has 0 fully saturated rings. The minimum absolute atomic E-state index is 0.0365. The van der Waals surface area contributed by atoms with E-state index in [1.165, 1.54) is 158 Å². The van der Waals surface area contributed by atoms with E-state index in [0.29, 0.717) is 0 Å². The summed E-state index contributed by atoms with van der Waals surface area (Å²) < 4.78 is 5.27. The standard InChI is InChI=1S/C66H37BN2/c1-3-16-38(17-4-1)40-30-32-56-51(34-40)53-35-41(39-18-5-2-6-19-39)36-54-65(53)68(56)58-28-15-29-59-64(58)67(54)55-37-52-47-25-10-8-21-43(47)45-23-12-14-27-49(45)61(52)63-62-57(69(59)66(55)63)33-31-50-46-24-9-7-20-42(46)44-22-11-13-26-48(44)60(50)62/h1-37H. The highest BCUT2D eigenvalue weighted by molar-refractivity contribution is 7.00. The fourth-order valence-electron chi connectivity index (χ4n) is 13.5. The molecule has 15 aromatic rings. The van der Waals surface area contributed by atoms with Gasteiger partial charge in [-0.3, -0.25) is 0 Å². The normalized spacial score (nSPS) is 12.9. The molecule has 0 saturated heterocycles. The van der Waals surface area contributed by atoms with E-state index in [4.69, 9.17) is 0 Å². The summed E-state index contributed by atoms with van der Waals surface area (Å²) in [6, 6.07) is 85.0. The second-order valence-corrected chi connectivity index (χ2v) is 19.4. The molecule has 314 valence electrons. The Kier molecular flexibility index (Phi) is 6.80. The zero-order valence-corrected chi connectivity index (χ0v) is 37.3. The van der Waals surface area contributed by atoms with E-state index < -0.39 is 0 Å². The van der Waals surface area contributed by atoms with Gasteiger partial charge in [0.1, 0.15) is 0 Å². The SMILES string of the molecule is c1ccc(-c2ccc3c(c2)c2cc(-c4ccccc4)cc4c2n3-c2cccc3c2B4c2cc4c5ccccc5c5ccccc5c4c4c5c6c7ccccc7c7ccccc7c6ccc5n-3c24)cc1. The molecule has 4 heterocycles. The molecule has 13 aromatic carbocycles. The van der Waals surface area contributed by atoms with Gasteiger partial charge in [-0.25, -0.2) is 0 Å². The number of hydrogen-bond donors (Lipinski definition) is 0. The predicted molar refractivity (Wildman–Crippen MR) is 296 cm³/mol. The summed E-state index contributed by atoms with van der Waals surface area (Å²) in [5, 5.41) is 20.8. The molecule has 3 heteroatoms. The van der Waals surface area contributed by atoms with Crippen LogP contribution in [-0.4, -0.2) is 15.8 Å². The number of benzene rings is 13. The maximum absolute atomic E-state index is 2.67. The first kappa shape index (κ1) is 36.2. The van der Waals surface area contributed by atoms with Crippen LogP contribution in [-0.2, 0) is 0 Å². The Morgan fingerprint density at radius 2 is 0.710 bits per heavy atom. The van der Waals surface area contributed by atoms with Crippen LogP contribution in [0.5, 0.6) is 0 Å². The molecule has 2 aromatic heterocycles. The molecule has 17 rings (SSSR count). The lowest BCUT2D eigenvalue weighted by molar-refractivity contribution is 1.14. The van der Waals surface area contributed by atoms with Crippen LogP contribution < -0.4 is 16.4 Å². The van der Waals surface area contributed by atoms with E-state index in [2.05, 4.69) is 234 Å². The fraction of sp³-hybridized carbons (Fsp3) is 0. The number of nitrogens with zero attached hydrogens (tertiary/aromatic N) is 2. The minimum Gasteiger partial charge on any atom is -0.310 e. The van der Waals surface area contributed by atoms with E-state index >= 15 is 0 Å². The van der Waals surface area contributed by atoms with Gasteiger partial charge in [0.05, 0.1) is 16.6 Å². The van der Waals surface area contributed by atoms with Crippen molar-refractivity contribution in [2.45, 2.75) is 0 Å². The van der Waals surface area contributed by atoms with Crippen LogP contribution in [0.3, 0.4) is 0 Å². The van der Waals surface area contributed by atoms with Crippen molar-refractivity contribution in [2.75, 3.05) is 0 Å². The zero-order chi connectivity index (χ0) is 44.6. The maximum atomic E-state index is 2.67. The first-order valence-electron chi connectivity index (χ1n) is 24.2. The molecule has 0 bridgehead atoms. The number of aromatic nitrogens is 2. The summed E-state index contributed by atoms with van der Waals surface area (Å²) in [4.78, 5) is 0. The van der Waals surface area contributed by atoms with Crippen LogP contribution in [0.25, 0.3) is 142 Å². The highest BCUT2D eigenvalue weighted by atomic mass is 15.0.